The van der Waals surface area contributed by atoms with E-state index in [9.17, 15) is 5.11 Å². The van der Waals surface area contributed by atoms with Crippen LogP contribution >= 0.6 is 0 Å². The van der Waals surface area contributed by atoms with E-state index >= 15 is 0 Å². The number of fused-ring (bicyclic) bond motifs is 3. The summed E-state index contributed by atoms with van der Waals surface area (Å²) in [5, 5.41) is 10.1. The smallest absolute Gasteiger partial charge is 0.165 e. The van der Waals surface area contributed by atoms with Gasteiger partial charge in [0.05, 0.1) is 7.11 Å². The first-order valence-corrected chi connectivity index (χ1v) is 9.44. The van der Waals surface area contributed by atoms with Crippen molar-refractivity contribution < 1.29 is 9.84 Å². The highest BCUT2D eigenvalue weighted by Gasteiger charge is 2.35. The average molecular weight is 340 g/mol. The van der Waals surface area contributed by atoms with E-state index < -0.39 is 0 Å². The highest BCUT2D eigenvalue weighted by molar-refractivity contribution is 5.53. The van der Waals surface area contributed by atoms with Crippen molar-refractivity contribution in [3.63, 3.8) is 0 Å². The van der Waals surface area contributed by atoms with Gasteiger partial charge in [0.15, 0.2) is 11.5 Å². The van der Waals surface area contributed by atoms with Crippen LogP contribution in [0.25, 0.3) is 0 Å². The first-order valence-electron chi connectivity index (χ1n) is 9.44. The molecule has 0 radical (unpaired) electrons. The summed E-state index contributed by atoms with van der Waals surface area (Å²) in [7, 11) is 1.64. The third kappa shape index (κ3) is 2.98. The molecule has 4 heteroatoms. The SMILES string of the molecule is COc1c(O)ccc2c1CN1CCC3=C(C=C(CCCN)CC3)C1C2. The fraction of sp³-hybridized carbons (Fsp3) is 0.524. The van der Waals surface area contributed by atoms with Gasteiger partial charge in [-0.2, -0.15) is 0 Å². The minimum absolute atomic E-state index is 0.248. The maximum absolute atomic E-state index is 10.1. The van der Waals surface area contributed by atoms with E-state index in [1.54, 1.807) is 29.9 Å². The number of hydrogen-bond acceptors (Lipinski definition) is 4. The summed E-state index contributed by atoms with van der Waals surface area (Å²) in [4.78, 5) is 2.56. The Morgan fingerprint density at radius 1 is 1.28 bits per heavy atom. The second kappa shape index (κ2) is 6.85. The highest BCUT2D eigenvalue weighted by Crippen LogP contribution is 2.43. The van der Waals surface area contributed by atoms with Crippen LogP contribution < -0.4 is 10.5 Å². The van der Waals surface area contributed by atoms with E-state index in [4.69, 9.17) is 10.5 Å². The molecule has 0 saturated carbocycles. The fourth-order valence-corrected chi connectivity index (χ4v) is 4.70. The summed E-state index contributed by atoms with van der Waals surface area (Å²) in [6, 6.07) is 4.31. The fourth-order valence-electron chi connectivity index (χ4n) is 4.70. The van der Waals surface area contributed by atoms with Crippen molar-refractivity contribution in [2.75, 3.05) is 20.2 Å². The Labute approximate surface area is 150 Å². The molecule has 0 fully saturated rings. The standard InChI is InChI=1S/C21H28N2O2/c1-25-21-18-13-23-10-8-15-5-4-14(3-2-9-22)11-17(15)19(23)12-16(18)6-7-20(21)24/h6-7,11,19,24H,2-5,8-10,12-13,22H2,1H3. The number of phenols is 1. The maximum Gasteiger partial charge on any atom is 0.165 e. The summed E-state index contributed by atoms with van der Waals surface area (Å²) in [5.74, 6) is 0.900. The molecule has 2 heterocycles. The predicted octanol–water partition coefficient (Wildman–Crippen LogP) is 3.29. The van der Waals surface area contributed by atoms with E-state index in [1.807, 2.05) is 0 Å². The van der Waals surface area contributed by atoms with Gasteiger partial charge in [0, 0.05) is 24.7 Å². The van der Waals surface area contributed by atoms with E-state index in [0.29, 0.717) is 11.8 Å². The number of hydrogen-bond donors (Lipinski definition) is 2. The van der Waals surface area contributed by atoms with Crippen molar-refractivity contribution in [1.82, 2.24) is 4.90 Å². The van der Waals surface area contributed by atoms with Crippen LogP contribution in [0.1, 0.15) is 43.2 Å². The van der Waals surface area contributed by atoms with Crippen molar-refractivity contribution in [3.05, 3.63) is 46.1 Å². The van der Waals surface area contributed by atoms with Gasteiger partial charge in [0.25, 0.3) is 0 Å². The lowest BCUT2D eigenvalue weighted by atomic mass is 9.78. The normalized spacial score (nSPS) is 22.8. The number of benzene rings is 1. The average Bonchev–Trinajstić information content (AvgIpc) is 2.64. The number of ether oxygens (including phenoxy) is 1. The Kier molecular flexibility index (Phi) is 4.57. The van der Waals surface area contributed by atoms with Gasteiger partial charge in [-0.15, -0.1) is 0 Å². The largest absolute Gasteiger partial charge is 0.504 e. The zero-order valence-corrected chi connectivity index (χ0v) is 15.1. The molecule has 25 heavy (non-hydrogen) atoms. The lowest BCUT2D eigenvalue weighted by molar-refractivity contribution is 0.181. The van der Waals surface area contributed by atoms with Crippen LogP contribution in [0.3, 0.4) is 0 Å². The van der Waals surface area contributed by atoms with Gasteiger partial charge in [0.1, 0.15) is 0 Å². The molecule has 4 nitrogen and oxygen atoms in total. The van der Waals surface area contributed by atoms with Gasteiger partial charge in [-0.1, -0.05) is 23.3 Å². The minimum atomic E-state index is 0.248. The third-order valence-electron chi connectivity index (χ3n) is 6.03. The van der Waals surface area contributed by atoms with Crippen LogP contribution in [0.15, 0.2) is 34.9 Å². The van der Waals surface area contributed by atoms with Gasteiger partial charge in [-0.3, -0.25) is 4.90 Å². The van der Waals surface area contributed by atoms with E-state index in [1.165, 1.54) is 24.8 Å². The van der Waals surface area contributed by atoms with Gasteiger partial charge < -0.3 is 15.6 Å². The van der Waals surface area contributed by atoms with Crippen molar-refractivity contribution in [2.24, 2.45) is 5.73 Å². The molecule has 0 spiro atoms. The predicted molar refractivity (Wildman–Crippen MR) is 99.8 cm³/mol. The van der Waals surface area contributed by atoms with Crippen molar-refractivity contribution in [3.8, 4) is 11.5 Å². The summed E-state index contributed by atoms with van der Waals surface area (Å²) in [6.45, 7) is 2.74. The molecule has 1 aromatic carbocycles. The summed E-state index contributed by atoms with van der Waals surface area (Å²) in [6.07, 6.45) is 9.31. The van der Waals surface area contributed by atoms with E-state index in [2.05, 4.69) is 17.0 Å². The number of rotatable bonds is 4. The molecule has 1 unspecified atom stereocenters. The van der Waals surface area contributed by atoms with Crippen molar-refractivity contribution in [1.29, 1.82) is 0 Å². The molecule has 0 bridgehead atoms. The van der Waals surface area contributed by atoms with Crippen LogP contribution in [0, 0.1) is 0 Å². The molecule has 4 rings (SSSR count). The molecular weight excluding hydrogens is 312 g/mol. The molecule has 1 aromatic rings. The Morgan fingerprint density at radius 3 is 2.96 bits per heavy atom. The van der Waals surface area contributed by atoms with E-state index in [0.717, 1.165) is 44.5 Å². The second-order valence-electron chi connectivity index (χ2n) is 7.45. The molecule has 134 valence electrons. The molecule has 2 aliphatic heterocycles. The Hall–Kier alpha value is -1.78. The molecule has 0 aromatic heterocycles. The third-order valence-corrected chi connectivity index (χ3v) is 6.03. The summed E-state index contributed by atoms with van der Waals surface area (Å²) in [5.41, 5.74) is 13.0. The first-order chi connectivity index (χ1) is 12.2. The van der Waals surface area contributed by atoms with Gasteiger partial charge in [0.2, 0.25) is 0 Å². The zero-order chi connectivity index (χ0) is 17.4. The van der Waals surface area contributed by atoms with Crippen LogP contribution in [0.2, 0.25) is 0 Å². The molecule has 3 aliphatic rings. The van der Waals surface area contributed by atoms with Crippen molar-refractivity contribution >= 4 is 0 Å². The summed E-state index contributed by atoms with van der Waals surface area (Å²) < 4.78 is 5.48. The topological polar surface area (TPSA) is 58.7 Å². The number of aromatic hydroxyl groups is 1. The number of methoxy groups -OCH3 is 1. The van der Waals surface area contributed by atoms with Crippen LogP contribution in [0.4, 0.5) is 0 Å². The molecule has 0 amide bonds. The monoisotopic (exact) mass is 340 g/mol. The molecule has 0 saturated heterocycles. The van der Waals surface area contributed by atoms with Gasteiger partial charge in [-0.25, -0.2) is 0 Å². The molecule has 1 atom stereocenters. The number of phenolic OH excluding ortho intramolecular Hbond substituents is 1. The summed E-state index contributed by atoms with van der Waals surface area (Å²) >= 11 is 0. The van der Waals surface area contributed by atoms with Crippen LogP contribution in [0.5, 0.6) is 11.5 Å². The second-order valence-corrected chi connectivity index (χ2v) is 7.45. The van der Waals surface area contributed by atoms with Crippen LogP contribution in [-0.2, 0) is 13.0 Å². The number of nitrogens with two attached hydrogens (primary N) is 1. The quantitative estimate of drug-likeness (QED) is 0.883. The number of allylic oxidation sites excluding steroid dienone is 1. The van der Waals surface area contributed by atoms with E-state index in [-0.39, 0.29) is 5.75 Å². The highest BCUT2D eigenvalue weighted by atomic mass is 16.5. The van der Waals surface area contributed by atoms with Crippen molar-refractivity contribution in [2.45, 2.75) is 51.1 Å². The van der Waals surface area contributed by atoms with Gasteiger partial charge in [-0.05, 0) is 62.3 Å². The Balaban J connectivity index is 1.66. The Bertz CT molecular complexity index is 736. The Morgan fingerprint density at radius 2 is 2.16 bits per heavy atom. The van der Waals surface area contributed by atoms with Crippen LogP contribution in [-0.4, -0.2) is 36.2 Å². The maximum atomic E-state index is 10.1. The minimum Gasteiger partial charge on any atom is -0.504 e. The lowest BCUT2D eigenvalue weighted by Gasteiger charge is -2.43. The zero-order valence-electron chi connectivity index (χ0n) is 15.1. The lowest BCUT2D eigenvalue weighted by Crippen LogP contribution is -2.45. The molecular formula is C21H28N2O2. The molecule has 1 aliphatic carbocycles. The first kappa shape index (κ1) is 16.7. The van der Waals surface area contributed by atoms with Gasteiger partial charge >= 0.3 is 0 Å². The molecule has 3 N–H and O–H groups in total. The number of nitrogens with zero attached hydrogens (tertiary/aromatic N) is 1.